The summed E-state index contributed by atoms with van der Waals surface area (Å²) >= 11 is 0. The molecule has 0 unspecified atom stereocenters. The Morgan fingerprint density at radius 2 is 2.38 bits per heavy atom. The summed E-state index contributed by atoms with van der Waals surface area (Å²) in [6.07, 6.45) is 3.20. The highest BCUT2D eigenvalue weighted by Gasteiger charge is 2.09. The molecular weight excluding hydrogens is 164 g/mol. The third-order valence-electron chi connectivity index (χ3n) is 1.59. The minimum Gasteiger partial charge on any atom is -0.452 e. The van der Waals surface area contributed by atoms with Gasteiger partial charge in [-0.2, -0.15) is 0 Å². The van der Waals surface area contributed by atoms with E-state index in [1.54, 1.807) is 18.2 Å². The van der Waals surface area contributed by atoms with Gasteiger partial charge < -0.3 is 4.42 Å². The first-order valence-corrected chi connectivity index (χ1v) is 3.82. The van der Waals surface area contributed by atoms with Gasteiger partial charge in [0.25, 0.3) is 0 Å². The maximum atomic E-state index is 11.0. The summed E-state index contributed by atoms with van der Waals surface area (Å²) in [7, 11) is 0. The quantitative estimate of drug-likeness (QED) is 0.521. The molecule has 0 radical (unpaired) electrons. The van der Waals surface area contributed by atoms with Gasteiger partial charge in [0.2, 0.25) is 0 Å². The maximum absolute atomic E-state index is 11.0. The molecule has 0 bridgehead atoms. The van der Waals surface area contributed by atoms with E-state index >= 15 is 0 Å². The Bertz CT molecular complexity index is 390. The van der Waals surface area contributed by atoms with E-state index in [2.05, 4.69) is 18.9 Å². The highest BCUT2D eigenvalue weighted by Crippen LogP contribution is 2.18. The summed E-state index contributed by atoms with van der Waals surface area (Å²) < 4.78 is 5.23. The highest BCUT2D eigenvalue weighted by molar-refractivity contribution is 5.92. The number of carbonyl (C=O) groups is 1. The minimum atomic E-state index is -0.105. The third-order valence-corrected chi connectivity index (χ3v) is 1.59. The lowest BCUT2D eigenvalue weighted by Gasteiger charge is -1.85. The summed E-state index contributed by atoms with van der Waals surface area (Å²) in [6, 6.07) is 1.65. The van der Waals surface area contributed by atoms with Crippen LogP contribution in [0.1, 0.15) is 28.8 Å². The number of hydrogen-bond donors (Lipinski definition) is 0. The van der Waals surface area contributed by atoms with Crippen LogP contribution in [-0.2, 0) is 0 Å². The number of rotatable bonds is 3. The van der Waals surface area contributed by atoms with Crippen molar-refractivity contribution in [1.29, 1.82) is 0 Å². The number of furan rings is 1. The molecular formula is C11H10O2. The van der Waals surface area contributed by atoms with Crippen molar-refractivity contribution in [3.63, 3.8) is 0 Å². The third kappa shape index (κ3) is 1.86. The standard InChI is InChI=1S/C11H10O2/c1-4-6-10-9(5-2)7-11(13-10)8(3)12/h5-7H,1-2H2,3H3. The van der Waals surface area contributed by atoms with Gasteiger partial charge in [-0.1, -0.05) is 19.2 Å². The van der Waals surface area contributed by atoms with Crippen LogP contribution in [0.5, 0.6) is 0 Å². The molecule has 0 aliphatic carbocycles. The van der Waals surface area contributed by atoms with E-state index in [4.69, 9.17) is 4.42 Å². The average Bonchev–Trinajstić information content (AvgIpc) is 2.48. The van der Waals surface area contributed by atoms with Crippen molar-refractivity contribution in [2.45, 2.75) is 6.92 Å². The first kappa shape index (κ1) is 9.30. The molecule has 0 saturated heterocycles. The fraction of sp³-hybridized carbons (Fsp3) is 0.0909. The summed E-state index contributed by atoms with van der Waals surface area (Å²) in [5.41, 5.74) is 3.36. The smallest absolute Gasteiger partial charge is 0.194 e. The zero-order chi connectivity index (χ0) is 9.84. The van der Waals surface area contributed by atoms with Gasteiger partial charge in [-0.3, -0.25) is 4.79 Å². The van der Waals surface area contributed by atoms with Gasteiger partial charge in [0, 0.05) is 18.6 Å². The Hall–Kier alpha value is -1.79. The molecule has 1 aromatic heterocycles. The number of carbonyl (C=O) groups excluding carboxylic acids is 1. The van der Waals surface area contributed by atoms with Crippen LogP contribution in [0.4, 0.5) is 0 Å². The van der Waals surface area contributed by atoms with Crippen LogP contribution in [0.25, 0.3) is 12.2 Å². The minimum absolute atomic E-state index is 0.105. The van der Waals surface area contributed by atoms with Gasteiger partial charge in [-0.05, 0) is 6.07 Å². The van der Waals surface area contributed by atoms with Crippen molar-refractivity contribution < 1.29 is 9.21 Å². The van der Waals surface area contributed by atoms with Crippen LogP contribution in [-0.4, -0.2) is 5.78 Å². The van der Waals surface area contributed by atoms with Crippen molar-refractivity contribution >= 4 is 17.9 Å². The van der Waals surface area contributed by atoms with Crippen LogP contribution >= 0.6 is 0 Å². The largest absolute Gasteiger partial charge is 0.452 e. The second-order valence-corrected chi connectivity index (χ2v) is 2.54. The lowest BCUT2D eigenvalue weighted by molar-refractivity contribution is 0.0987. The fourth-order valence-electron chi connectivity index (χ4n) is 0.958. The molecule has 1 aromatic rings. The predicted octanol–water partition coefficient (Wildman–Crippen LogP) is 2.92. The van der Waals surface area contributed by atoms with E-state index < -0.39 is 0 Å². The molecule has 66 valence electrons. The van der Waals surface area contributed by atoms with E-state index in [0.717, 1.165) is 5.56 Å². The fourth-order valence-corrected chi connectivity index (χ4v) is 0.958. The number of hydrogen-bond acceptors (Lipinski definition) is 2. The molecule has 0 aromatic carbocycles. The Kier molecular flexibility index (Phi) is 2.68. The number of ketones is 1. The predicted molar refractivity (Wildman–Crippen MR) is 52.4 cm³/mol. The van der Waals surface area contributed by atoms with Crippen LogP contribution in [0, 0.1) is 0 Å². The van der Waals surface area contributed by atoms with Gasteiger partial charge in [0.1, 0.15) is 5.76 Å². The molecule has 0 amide bonds. The van der Waals surface area contributed by atoms with Crippen LogP contribution < -0.4 is 0 Å². The van der Waals surface area contributed by atoms with Crippen molar-refractivity contribution in [2.75, 3.05) is 0 Å². The number of Topliss-reactive ketones (excluding diaryl/α,β-unsaturated/α-hetero) is 1. The van der Waals surface area contributed by atoms with Crippen molar-refractivity contribution in [2.24, 2.45) is 0 Å². The van der Waals surface area contributed by atoms with Gasteiger partial charge in [-0.25, -0.2) is 0 Å². The van der Waals surface area contributed by atoms with Gasteiger partial charge in [0.15, 0.2) is 11.5 Å². The summed E-state index contributed by atoms with van der Waals surface area (Å²) in [6.45, 7) is 8.48. The van der Waals surface area contributed by atoms with E-state index in [-0.39, 0.29) is 5.78 Å². The van der Waals surface area contributed by atoms with Gasteiger partial charge in [-0.15, -0.1) is 5.73 Å². The molecule has 2 heteroatoms. The Labute approximate surface area is 76.9 Å². The van der Waals surface area contributed by atoms with Crippen molar-refractivity contribution in [1.82, 2.24) is 0 Å². The van der Waals surface area contributed by atoms with Crippen molar-refractivity contribution in [3.8, 4) is 0 Å². The molecule has 1 heterocycles. The second kappa shape index (κ2) is 3.74. The summed E-state index contributed by atoms with van der Waals surface area (Å²) in [4.78, 5) is 11.0. The molecule has 0 aliphatic rings. The normalized spacial score (nSPS) is 9.00. The monoisotopic (exact) mass is 174 g/mol. The topological polar surface area (TPSA) is 30.2 Å². The van der Waals surface area contributed by atoms with Crippen LogP contribution in [0.15, 0.2) is 29.4 Å². The first-order chi connectivity index (χ1) is 6.19. The van der Waals surface area contributed by atoms with Crippen molar-refractivity contribution in [3.05, 3.63) is 42.0 Å². The lowest BCUT2D eigenvalue weighted by atomic mass is 10.2. The maximum Gasteiger partial charge on any atom is 0.194 e. The van der Waals surface area contributed by atoms with Gasteiger partial charge in [0.05, 0.1) is 0 Å². The zero-order valence-corrected chi connectivity index (χ0v) is 7.46. The molecule has 0 saturated carbocycles. The van der Waals surface area contributed by atoms with Crippen LogP contribution in [0.2, 0.25) is 0 Å². The molecule has 1 rings (SSSR count). The molecule has 0 fully saturated rings. The summed E-state index contributed by atoms with van der Waals surface area (Å²) in [5, 5.41) is 0. The van der Waals surface area contributed by atoms with E-state index in [9.17, 15) is 4.79 Å². The molecule has 0 N–H and O–H groups in total. The Balaban J connectivity index is 3.26. The second-order valence-electron chi connectivity index (χ2n) is 2.54. The molecule has 0 spiro atoms. The molecule has 13 heavy (non-hydrogen) atoms. The molecule has 0 aliphatic heterocycles. The van der Waals surface area contributed by atoms with E-state index in [0.29, 0.717) is 11.5 Å². The molecule has 2 nitrogen and oxygen atoms in total. The highest BCUT2D eigenvalue weighted by atomic mass is 16.3. The van der Waals surface area contributed by atoms with E-state index in [1.165, 1.54) is 6.92 Å². The Morgan fingerprint density at radius 1 is 1.69 bits per heavy atom. The van der Waals surface area contributed by atoms with Gasteiger partial charge >= 0.3 is 0 Å². The molecule has 0 atom stereocenters. The lowest BCUT2D eigenvalue weighted by Crippen LogP contribution is -1.85. The van der Waals surface area contributed by atoms with E-state index in [1.807, 2.05) is 0 Å². The zero-order valence-electron chi connectivity index (χ0n) is 7.46. The first-order valence-electron chi connectivity index (χ1n) is 3.82. The average molecular weight is 174 g/mol. The Morgan fingerprint density at radius 3 is 2.85 bits per heavy atom. The summed E-state index contributed by atoms with van der Waals surface area (Å²) in [5.74, 6) is 0.790. The van der Waals surface area contributed by atoms with Crippen LogP contribution in [0.3, 0.4) is 0 Å². The SMILES string of the molecule is C=C=Cc1oc(C(C)=O)cc1C=C.